The smallest absolute Gasteiger partial charge is 0.319 e. The van der Waals surface area contributed by atoms with Crippen molar-refractivity contribution in [3.05, 3.63) is 28.5 Å². The summed E-state index contributed by atoms with van der Waals surface area (Å²) in [5.74, 6) is -1.55. The molecular formula is C13H16BrFN2O3. The Labute approximate surface area is 124 Å². The Hall–Kier alpha value is -1.63. The van der Waals surface area contributed by atoms with Crippen LogP contribution in [-0.4, -0.2) is 23.1 Å². The molecule has 0 radical (unpaired) electrons. The molecule has 1 aromatic carbocycles. The maximum absolute atomic E-state index is 13.5. The molecule has 0 spiro atoms. The van der Waals surface area contributed by atoms with Gasteiger partial charge in [-0.05, 0) is 24.6 Å². The number of carbonyl (C=O) groups is 2. The number of carboxylic acid groups (broad SMARTS) is 1. The average Bonchev–Trinajstić information content (AvgIpc) is 2.33. The summed E-state index contributed by atoms with van der Waals surface area (Å²) in [4.78, 5) is 22.4. The first-order chi connectivity index (χ1) is 9.42. The number of amides is 2. The second-order valence-corrected chi connectivity index (χ2v) is 5.22. The lowest BCUT2D eigenvalue weighted by atomic mass is 10.1. The number of nitrogens with one attached hydrogen (secondary N) is 2. The zero-order chi connectivity index (χ0) is 15.1. The van der Waals surface area contributed by atoms with Gasteiger partial charge in [-0.3, -0.25) is 4.79 Å². The molecule has 0 aromatic heterocycles. The largest absolute Gasteiger partial charge is 0.481 e. The molecule has 1 aromatic rings. The molecule has 0 aliphatic heterocycles. The molecule has 7 heteroatoms. The first-order valence-corrected chi connectivity index (χ1v) is 6.96. The van der Waals surface area contributed by atoms with Crippen LogP contribution in [0.15, 0.2) is 22.7 Å². The van der Waals surface area contributed by atoms with Gasteiger partial charge in [0.05, 0.1) is 12.1 Å². The highest BCUT2D eigenvalue weighted by Crippen LogP contribution is 2.19. The van der Waals surface area contributed by atoms with E-state index in [9.17, 15) is 14.0 Å². The number of aliphatic carboxylic acids is 1. The number of benzene rings is 1. The average molecular weight is 347 g/mol. The van der Waals surface area contributed by atoms with Crippen LogP contribution in [0, 0.1) is 5.82 Å². The highest BCUT2D eigenvalue weighted by atomic mass is 79.9. The number of carboxylic acids is 1. The van der Waals surface area contributed by atoms with Crippen molar-refractivity contribution in [3.63, 3.8) is 0 Å². The topological polar surface area (TPSA) is 78.4 Å². The van der Waals surface area contributed by atoms with Crippen molar-refractivity contribution in [1.82, 2.24) is 5.32 Å². The molecular weight excluding hydrogens is 331 g/mol. The minimum atomic E-state index is -0.989. The highest BCUT2D eigenvalue weighted by Gasteiger charge is 2.16. The van der Waals surface area contributed by atoms with Gasteiger partial charge in [0.2, 0.25) is 0 Å². The number of carbonyl (C=O) groups excluding carboxylic acids is 1. The molecule has 5 nitrogen and oxygen atoms in total. The summed E-state index contributed by atoms with van der Waals surface area (Å²) in [5.41, 5.74) is 0.0300. The Kier molecular flexibility index (Phi) is 6.44. The van der Waals surface area contributed by atoms with Crippen LogP contribution in [0.2, 0.25) is 0 Å². The van der Waals surface area contributed by atoms with Crippen LogP contribution in [0.5, 0.6) is 0 Å². The normalized spacial score (nSPS) is 11.8. The Morgan fingerprint density at radius 2 is 2.15 bits per heavy atom. The predicted molar refractivity (Wildman–Crippen MR) is 77.2 cm³/mol. The van der Waals surface area contributed by atoms with Crippen molar-refractivity contribution < 1.29 is 19.1 Å². The Morgan fingerprint density at radius 3 is 2.75 bits per heavy atom. The van der Waals surface area contributed by atoms with Crippen LogP contribution in [0.25, 0.3) is 0 Å². The maximum atomic E-state index is 13.5. The summed E-state index contributed by atoms with van der Waals surface area (Å²) >= 11 is 3.18. The summed E-state index contributed by atoms with van der Waals surface area (Å²) < 4.78 is 14.1. The molecule has 0 aliphatic rings. The minimum absolute atomic E-state index is 0.0300. The Balaban J connectivity index is 2.65. The van der Waals surface area contributed by atoms with Gasteiger partial charge >= 0.3 is 12.0 Å². The van der Waals surface area contributed by atoms with Gasteiger partial charge in [0.1, 0.15) is 5.82 Å². The molecule has 0 fully saturated rings. The zero-order valence-electron chi connectivity index (χ0n) is 11.0. The molecule has 1 rings (SSSR count). The van der Waals surface area contributed by atoms with E-state index in [2.05, 4.69) is 26.6 Å². The van der Waals surface area contributed by atoms with Crippen LogP contribution in [-0.2, 0) is 4.79 Å². The summed E-state index contributed by atoms with van der Waals surface area (Å²) in [5, 5.41) is 13.7. The van der Waals surface area contributed by atoms with Gasteiger partial charge in [-0.2, -0.15) is 0 Å². The fourth-order valence-electron chi connectivity index (χ4n) is 1.72. The molecule has 0 heterocycles. The molecule has 0 saturated heterocycles. The number of rotatable bonds is 6. The second-order valence-electron chi connectivity index (χ2n) is 4.31. The van der Waals surface area contributed by atoms with E-state index in [0.717, 1.165) is 6.42 Å². The molecule has 2 amide bonds. The first-order valence-electron chi connectivity index (χ1n) is 6.16. The van der Waals surface area contributed by atoms with Crippen molar-refractivity contribution in [2.75, 3.05) is 5.32 Å². The van der Waals surface area contributed by atoms with Crippen LogP contribution in [0.1, 0.15) is 26.2 Å². The number of anilines is 1. The third-order valence-corrected chi connectivity index (χ3v) is 3.06. The Bertz CT molecular complexity index is 497. The third kappa shape index (κ3) is 5.56. The second kappa shape index (κ2) is 7.84. The van der Waals surface area contributed by atoms with Crippen molar-refractivity contribution in [3.8, 4) is 0 Å². The lowest BCUT2D eigenvalue weighted by molar-refractivity contribution is -0.137. The summed E-state index contributed by atoms with van der Waals surface area (Å²) in [6.07, 6.45) is 1.12. The van der Waals surface area contributed by atoms with E-state index in [-0.39, 0.29) is 12.1 Å². The highest BCUT2D eigenvalue weighted by molar-refractivity contribution is 9.10. The van der Waals surface area contributed by atoms with E-state index in [1.807, 2.05) is 6.92 Å². The van der Waals surface area contributed by atoms with Crippen molar-refractivity contribution in [2.24, 2.45) is 0 Å². The molecule has 20 heavy (non-hydrogen) atoms. The quantitative estimate of drug-likeness (QED) is 0.738. The number of urea groups is 1. The lowest BCUT2D eigenvalue weighted by Crippen LogP contribution is -2.39. The van der Waals surface area contributed by atoms with Crippen LogP contribution in [0.4, 0.5) is 14.9 Å². The van der Waals surface area contributed by atoms with Gasteiger partial charge < -0.3 is 15.7 Å². The molecule has 1 atom stereocenters. The van der Waals surface area contributed by atoms with E-state index in [1.165, 1.54) is 18.2 Å². The molecule has 110 valence electrons. The lowest BCUT2D eigenvalue weighted by Gasteiger charge is -2.17. The van der Waals surface area contributed by atoms with Crippen molar-refractivity contribution >= 4 is 33.6 Å². The van der Waals surface area contributed by atoms with Crippen molar-refractivity contribution in [2.45, 2.75) is 32.2 Å². The zero-order valence-corrected chi connectivity index (χ0v) is 12.5. The molecule has 3 N–H and O–H groups in total. The summed E-state index contributed by atoms with van der Waals surface area (Å²) in [6, 6.07) is 3.07. The number of hydrogen-bond donors (Lipinski definition) is 3. The molecule has 1 unspecified atom stereocenters. The summed E-state index contributed by atoms with van der Waals surface area (Å²) in [7, 11) is 0. The fourth-order valence-corrected chi connectivity index (χ4v) is 2.08. The van der Waals surface area contributed by atoms with E-state index >= 15 is 0 Å². The standard InChI is InChI=1S/C13H16BrFN2O3/c1-2-3-9(7-12(18)19)16-13(20)17-11-6-8(14)4-5-10(11)15/h4-6,9H,2-3,7H2,1H3,(H,18,19)(H2,16,17,20). The first kappa shape index (κ1) is 16.4. The van der Waals surface area contributed by atoms with Gasteiger partial charge in [0.15, 0.2) is 0 Å². The minimum Gasteiger partial charge on any atom is -0.481 e. The van der Waals surface area contributed by atoms with Gasteiger partial charge in [0.25, 0.3) is 0 Å². The van der Waals surface area contributed by atoms with Crippen molar-refractivity contribution in [1.29, 1.82) is 0 Å². The van der Waals surface area contributed by atoms with Gasteiger partial charge in [-0.25, -0.2) is 9.18 Å². The van der Waals surface area contributed by atoms with Crippen LogP contribution < -0.4 is 10.6 Å². The molecule has 0 saturated carbocycles. The predicted octanol–water partition coefficient (Wildman–Crippen LogP) is 3.35. The van der Waals surface area contributed by atoms with E-state index in [0.29, 0.717) is 10.9 Å². The Morgan fingerprint density at radius 1 is 1.45 bits per heavy atom. The van der Waals surface area contributed by atoms with Gasteiger partial charge in [0, 0.05) is 10.5 Å². The summed E-state index contributed by atoms with van der Waals surface area (Å²) in [6.45, 7) is 1.89. The fraction of sp³-hybridized carbons (Fsp3) is 0.385. The molecule has 0 aliphatic carbocycles. The van der Waals surface area contributed by atoms with E-state index in [4.69, 9.17) is 5.11 Å². The SMILES string of the molecule is CCCC(CC(=O)O)NC(=O)Nc1cc(Br)ccc1F. The van der Waals surface area contributed by atoms with Gasteiger partial charge in [-0.15, -0.1) is 0 Å². The van der Waals surface area contributed by atoms with E-state index in [1.54, 1.807) is 0 Å². The van der Waals surface area contributed by atoms with Gasteiger partial charge in [-0.1, -0.05) is 29.3 Å². The monoisotopic (exact) mass is 346 g/mol. The van der Waals surface area contributed by atoms with Crippen LogP contribution in [0.3, 0.4) is 0 Å². The number of halogens is 2. The van der Waals surface area contributed by atoms with Crippen LogP contribution >= 0.6 is 15.9 Å². The number of hydrogen-bond acceptors (Lipinski definition) is 2. The maximum Gasteiger partial charge on any atom is 0.319 e. The molecule has 0 bridgehead atoms. The third-order valence-electron chi connectivity index (χ3n) is 2.57. The van der Waals surface area contributed by atoms with E-state index < -0.39 is 23.9 Å².